The van der Waals surface area contributed by atoms with E-state index in [1.165, 1.54) is 6.92 Å². The van der Waals surface area contributed by atoms with Crippen molar-refractivity contribution in [1.82, 2.24) is 15.5 Å². The molecule has 1 aliphatic heterocycles. The van der Waals surface area contributed by atoms with E-state index in [0.717, 1.165) is 25.9 Å². The van der Waals surface area contributed by atoms with Crippen molar-refractivity contribution in [2.45, 2.75) is 32.7 Å². The molecule has 0 spiro atoms. The van der Waals surface area contributed by atoms with Crippen molar-refractivity contribution in [3.63, 3.8) is 0 Å². The molecule has 1 aliphatic rings. The molecule has 0 aromatic heterocycles. The average molecular weight is 241 g/mol. The Morgan fingerprint density at radius 1 is 1.35 bits per heavy atom. The highest BCUT2D eigenvalue weighted by molar-refractivity contribution is 5.79. The minimum Gasteiger partial charge on any atom is -0.353 e. The van der Waals surface area contributed by atoms with Crippen LogP contribution in [-0.4, -0.2) is 49.4 Å². The Balaban J connectivity index is 2.35. The fourth-order valence-electron chi connectivity index (χ4n) is 2.24. The molecule has 17 heavy (non-hydrogen) atoms. The molecule has 0 aliphatic carbocycles. The number of nitrogens with zero attached hydrogens (tertiary/aromatic N) is 1. The van der Waals surface area contributed by atoms with Gasteiger partial charge < -0.3 is 15.5 Å². The minimum atomic E-state index is 0.0123. The number of hydrogen-bond acceptors (Lipinski definition) is 3. The third kappa shape index (κ3) is 4.34. The molecule has 2 amide bonds. The predicted molar refractivity (Wildman–Crippen MR) is 66.5 cm³/mol. The monoisotopic (exact) mass is 241 g/mol. The van der Waals surface area contributed by atoms with Crippen LogP contribution in [0.3, 0.4) is 0 Å². The lowest BCUT2D eigenvalue weighted by Crippen LogP contribution is -2.48. The van der Waals surface area contributed by atoms with Gasteiger partial charge in [-0.25, -0.2) is 0 Å². The first-order valence-corrected chi connectivity index (χ1v) is 6.25. The van der Waals surface area contributed by atoms with Crippen molar-refractivity contribution in [2.75, 3.05) is 26.7 Å². The summed E-state index contributed by atoms with van der Waals surface area (Å²) in [5.74, 6) is 0.247. The molecule has 98 valence electrons. The van der Waals surface area contributed by atoms with E-state index in [0.29, 0.717) is 6.54 Å². The van der Waals surface area contributed by atoms with Crippen LogP contribution in [0.15, 0.2) is 0 Å². The number of carbonyl (C=O) groups excluding carboxylic acids is 2. The van der Waals surface area contributed by atoms with Crippen LogP contribution in [0.2, 0.25) is 0 Å². The Morgan fingerprint density at radius 3 is 2.41 bits per heavy atom. The molecule has 5 nitrogen and oxygen atoms in total. The SMILES string of the molecule is CNCC(C)C(=O)N1CCC(NC(C)=O)CC1. The molecule has 0 radical (unpaired) electrons. The molecule has 5 heteroatoms. The quantitative estimate of drug-likeness (QED) is 0.726. The van der Waals surface area contributed by atoms with Gasteiger partial charge in [0.05, 0.1) is 0 Å². The third-order valence-electron chi connectivity index (χ3n) is 3.15. The molecule has 1 rings (SSSR count). The first kappa shape index (κ1) is 14.0. The van der Waals surface area contributed by atoms with Crippen molar-refractivity contribution in [3.8, 4) is 0 Å². The zero-order chi connectivity index (χ0) is 12.8. The summed E-state index contributed by atoms with van der Waals surface area (Å²) < 4.78 is 0. The number of hydrogen-bond donors (Lipinski definition) is 2. The van der Waals surface area contributed by atoms with Gasteiger partial charge in [0.2, 0.25) is 11.8 Å². The largest absolute Gasteiger partial charge is 0.353 e. The summed E-state index contributed by atoms with van der Waals surface area (Å²) in [6.45, 7) is 5.69. The second-order valence-corrected chi connectivity index (χ2v) is 4.76. The van der Waals surface area contributed by atoms with Gasteiger partial charge in [-0.2, -0.15) is 0 Å². The lowest BCUT2D eigenvalue weighted by molar-refractivity contribution is -0.136. The lowest BCUT2D eigenvalue weighted by atomic mass is 10.0. The summed E-state index contributed by atoms with van der Waals surface area (Å²) in [6, 6.07) is 0.233. The van der Waals surface area contributed by atoms with Gasteiger partial charge in [-0.05, 0) is 19.9 Å². The maximum absolute atomic E-state index is 12.0. The first-order valence-electron chi connectivity index (χ1n) is 6.25. The number of nitrogens with one attached hydrogen (secondary N) is 2. The van der Waals surface area contributed by atoms with Crippen molar-refractivity contribution >= 4 is 11.8 Å². The van der Waals surface area contributed by atoms with E-state index >= 15 is 0 Å². The van der Waals surface area contributed by atoms with Crippen LogP contribution in [0.4, 0.5) is 0 Å². The number of piperidine rings is 1. The smallest absolute Gasteiger partial charge is 0.226 e. The standard InChI is InChI=1S/C12H23N3O2/c1-9(8-13-3)12(17)15-6-4-11(5-7-15)14-10(2)16/h9,11,13H,4-8H2,1-3H3,(H,14,16). The van der Waals surface area contributed by atoms with Gasteiger partial charge in [-0.3, -0.25) is 9.59 Å². The van der Waals surface area contributed by atoms with Gasteiger partial charge in [0.1, 0.15) is 0 Å². The molecule has 0 saturated carbocycles. The first-order chi connectivity index (χ1) is 8.04. The third-order valence-corrected chi connectivity index (χ3v) is 3.15. The Bertz CT molecular complexity index is 273. The summed E-state index contributed by atoms with van der Waals surface area (Å²) in [5.41, 5.74) is 0. The zero-order valence-corrected chi connectivity index (χ0v) is 11.0. The summed E-state index contributed by atoms with van der Waals surface area (Å²) in [4.78, 5) is 24.8. The molecular weight excluding hydrogens is 218 g/mol. The van der Waals surface area contributed by atoms with Crippen LogP contribution in [0.25, 0.3) is 0 Å². The summed E-state index contributed by atoms with van der Waals surface area (Å²) in [7, 11) is 1.85. The van der Waals surface area contributed by atoms with Crippen molar-refractivity contribution < 1.29 is 9.59 Å². The molecular formula is C12H23N3O2. The second kappa shape index (κ2) is 6.59. The molecule has 1 heterocycles. The molecule has 1 fully saturated rings. The summed E-state index contributed by atoms with van der Waals surface area (Å²) in [5, 5.41) is 5.92. The van der Waals surface area contributed by atoms with Gasteiger partial charge in [-0.1, -0.05) is 6.92 Å². The molecule has 1 atom stereocenters. The molecule has 0 aromatic carbocycles. The fraction of sp³-hybridized carbons (Fsp3) is 0.833. The van der Waals surface area contributed by atoms with E-state index in [1.807, 2.05) is 18.9 Å². The summed E-state index contributed by atoms with van der Waals surface area (Å²) >= 11 is 0. The molecule has 2 N–H and O–H groups in total. The van der Waals surface area contributed by atoms with Gasteiger partial charge in [-0.15, -0.1) is 0 Å². The Labute approximate surface area is 103 Å². The Kier molecular flexibility index (Phi) is 5.41. The maximum atomic E-state index is 12.0. The van der Waals surface area contributed by atoms with E-state index in [9.17, 15) is 9.59 Å². The van der Waals surface area contributed by atoms with E-state index in [1.54, 1.807) is 0 Å². The number of carbonyl (C=O) groups is 2. The Morgan fingerprint density at radius 2 is 1.94 bits per heavy atom. The van der Waals surface area contributed by atoms with Crippen molar-refractivity contribution in [2.24, 2.45) is 5.92 Å². The van der Waals surface area contributed by atoms with Crippen LogP contribution < -0.4 is 10.6 Å². The van der Waals surface area contributed by atoms with E-state index in [-0.39, 0.29) is 23.8 Å². The van der Waals surface area contributed by atoms with Gasteiger partial charge in [0.25, 0.3) is 0 Å². The average Bonchev–Trinajstić information content (AvgIpc) is 2.28. The molecule has 0 aromatic rings. The molecule has 1 unspecified atom stereocenters. The second-order valence-electron chi connectivity index (χ2n) is 4.76. The maximum Gasteiger partial charge on any atom is 0.226 e. The molecule has 1 saturated heterocycles. The highest BCUT2D eigenvalue weighted by atomic mass is 16.2. The van der Waals surface area contributed by atoms with Gasteiger partial charge in [0.15, 0.2) is 0 Å². The normalized spacial score (nSPS) is 18.9. The summed E-state index contributed by atoms with van der Waals surface area (Å²) in [6.07, 6.45) is 1.72. The zero-order valence-electron chi connectivity index (χ0n) is 11.0. The van der Waals surface area contributed by atoms with Crippen LogP contribution in [0.5, 0.6) is 0 Å². The van der Waals surface area contributed by atoms with E-state index in [2.05, 4.69) is 10.6 Å². The number of likely N-dealkylation sites (tertiary alicyclic amines) is 1. The minimum absolute atomic E-state index is 0.0123. The van der Waals surface area contributed by atoms with Crippen molar-refractivity contribution in [1.29, 1.82) is 0 Å². The highest BCUT2D eigenvalue weighted by Crippen LogP contribution is 2.13. The number of amides is 2. The van der Waals surface area contributed by atoms with Crippen LogP contribution in [0, 0.1) is 5.92 Å². The van der Waals surface area contributed by atoms with E-state index in [4.69, 9.17) is 0 Å². The molecule has 0 bridgehead atoms. The topological polar surface area (TPSA) is 61.4 Å². The van der Waals surface area contributed by atoms with Crippen LogP contribution in [0.1, 0.15) is 26.7 Å². The van der Waals surface area contributed by atoms with Gasteiger partial charge >= 0.3 is 0 Å². The fourth-order valence-corrected chi connectivity index (χ4v) is 2.24. The number of rotatable bonds is 4. The highest BCUT2D eigenvalue weighted by Gasteiger charge is 2.25. The van der Waals surface area contributed by atoms with Crippen molar-refractivity contribution in [3.05, 3.63) is 0 Å². The predicted octanol–water partition coefficient (Wildman–Crippen LogP) is -0.0310. The Hall–Kier alpha value is -1.10. The van der Waals surface area contributed by atoms with E-state index < -0.39 is 0 Å². The van der Waals surface area contributed by atoms with Gasteiger partial charge in [0, 0.05) is 38.5 Å². The van der Waals surface area contributed by atoms with Crippen LogP contribution in [-0.2, 0) is 9.59 Å². The van der Waals surface area contributed by atoms with Crippen LogP contribution >= 0.6 is 0 Å². The lowest BCUT2D eigenvalue weighted by Gasteiger charge is -2.33.